The Labute approximate surface area is 140 Å². The van der Waals surface area contributed by atoms with Crippen LogP contribution in [0.15, 0.2) is 36.5 Å². The standard InChI is InChI=1S/C18H20ClNO3/c1-4-8-18(2,3)13-10-15(20-11-13)16(21)12-6-5-7-14(9-12)23-17(19)22/h5-7,9-11,20H,4,8H2,1-3H3. The predicted molar refractivity (Wildman–Crippen MR) is 90.5 cm³/mol. The summed E-state index contributed by atoms with van der Waals surface area (Å²) in [4.78, 5) is 26.4. The van der Waals surface area contributed by atoms with E-state index in [0.717, 1.165) is 18.4 Å². The molecule has 5 heteroatoms. The molecule has 0 saturated heterocycles. The molecule has 0 spiro atoms. The molecule has 0 unspecified atom stereocenters. The van der Waals surface area contributed by atoms with Crippen molar-refractivity contribution in [1.82, 2.24) is 4.98 Å². The average molecular weight is 334 g/mol. The SMILES string of the molecule is CCCC(C)(C)c1c[nH]c(C(=O)c2cccc(OC(=O)Cl)c2)c1. The second-order valence-corrected chi connectivity index (χ2v) is 6.44. The van der Waals surface area contributed by atoms with Crippen LogP contribution < -0.4 is 4.74 Å². The van der Waals surface area contributed by atoms with Crippen molar-refractivity contribution in [3.8, 4) is 5.75 Å². The van der Waals surface area contributed by atoms with Crippen molar-refractivity contribution < 1.29 is 14.3 Å². The molecule has 0 bridgehead atoms. The first-order chi connectivity index (χ1) is 10.8. The molecule has 0 fully saturated rings. The molecule has 0 saturated carbocycles. The Morgan fingerprint density at radius 2 is 2.00 bits per heavy atom. The van der Waals surface area contributed by atoms with E-state index in [2.05, 4.69) is 25.8 Å². The molecular weight excluding hydrogens is 314 g/mol. The lowest BCUT2D eigenvalue weighted by Crippen LogP contribution is -2.15. The Morgan fingerprint density at radius 1 is 1.26 bits per heavy atom. The molecular formula is C18H20ClNO3. The van der Waals surface area contributed by atoms with Crippen LogP contribution in [0.4, 0.5) is 4.79 Å². The average Bonchev–Trinajstić information content (AvgIpc) is 2.96. The van der Waals surface area contributed by atoms with Crippen molar-refractivity contribution in [2.45, 2.75) is 39.0 Å². The number of aromatic nitrogens is 1. The molecule has 0 radical (unpaired) electrons. The molecule has 1 aromatic carbocycles. The Hall–Kier alpha value is -2.07. The van der Waals surface area contributed by atoms with Gasteiger partial charge in [-0.1, -0.05) is 39.3 Å². The van der Waals surface area contributed by atoms with Gasteiger partial charge in [-0.05, 0) is 35.6 Å². The number of carbonyl (C=O) groups is 2. The molecule has 1 heterocycles. The number of hydrogen-bond acceptors (Lipinski definition) is 3. The number of ether oxygens (including phenoxy) is 1. The van der Waals surface area contributed by atoms with E-state index in [1.165, 1.54) is 6.07 Å². The van der Waals surface area contributed by atoms with Gasteiger partial charge in [-0.3, -0.25) is 4.79 Å². The van der Waals surface area contributed by atoms with Crippen molar-refractivity contribution >= 4 is 22.8 Å². The van der Waals surface area contributed by atoms with E-state index in [0.29, 0.717) is 11.3 Å². The fourth-order valence-electron chi connectivity index (χ4n) is 2.63. The summed E-state index contributed by atoms with van der Waals surface area (Å²) in [5.41, 5.74) is 1.13. The van der Waals surface area contributed by atoms with Gasteiger partial charge in [0.05, 0.1) is 5.69 Å². The topological polar surface area (TPSA) is 59.2 Å². The van der Waals surface area contributed by atoms with Crippen LogP contribution in [0.1, 0.15) is 55.2 Å². The lowest BCUT2D eigenvalue weighted by atomic mass is 9.82. The Kier molecular flexibility index (Phi) is 5.26. The number of benzene rings is 1. The Morgan fingerprint density at radius 3 is 2.65 bits per heavy atom. The van der Waals surface area contributed by atoms with Crippen molar-refractivity contribution in [2.75, 3.05) is 0 Å². The zero-order valence-corrected chi connectivity index (χ0v) is 14.2. The smallest absolute Gasteiger partial charge is 0.409 e. The second-order valence-electron chi connectivity index (χ2n) is 6.13. The molecule has 4 nitrogen and oxygen atoms in total. The third-order valence-corrected chi connectivity index (χ3v) is 3.96. The summed E-state index contributed by atoms with van der Waals surface area (Å²) in [6.45, 7) is 6.47. The number of carbonyl (C=O) groups excluding carboxylic acids is 2. The molecule has 1 aromatic heterocycles. The molecule has 122 valence electrons. The lowest BCUT2D eigenvalue weighted by Gasteiger charge is -2.22. The van der Waals surface area contributed by atoms with Crippen LogP contribution >= 0.6 is 11.6 Å². The van der Waals surface area contributed by atoms with E-state index in [-0.39, 0.29) is 16.9 Å². The largest absolute Gasteiger partial charge is 0.414 e. The molecule has 2 rings (SSSR count). The predicted octanol–water partition coefficient (Wildman–Crippen LogP) is 5.06. The van der Waals surface area contributed by atoms with Gasteiger partial charge in [0, 0.05) is 23.4 Å². The van der Waals surface area contributed by atoms with Gasteiger partial charge in [-0.25, -0.2) is 4.79 Å². The second kappa shape index (κ2) is 7.01. The summed E-state index contributed by atoms with van der Waals surface area (Å²) in [5, 5.41) is 0. The van der Waals surface area contributed by atoms with Crippen LogP contribution in [0.25, 0.3) is 0 Å². The highest BCUT2D eigenvalue weighted by Crippen LogP contribution is 2.29. The zero-order valence-electron chi connectivity index (χ0n) is 13.5. The summed E-state index contributed by atoms with van der Waals surface area (Å²) >= 11 is 5.19. The highest BCUT2D eigenvalue weighted by Gasteiger charge is 2.22. The van der Waals surface area contributed by atoms with Crippen LogP contribution in [-0.2, 0) is 5.41 Å². The maximum atomic E-state index is 12.6. The highest BCUT2D eigenvalue weighted by molar-refractivity contribution is 6.61. The number of ketones is 1. The lowest BCUT2D eigenvalue weighted by molar-refractivity contribution is 0.103. The van der Waals surface area contributed by atoms with E-state index in [4.69, 9.17) is 16.3 Å². The molecule has 23 heavy (non-hydrogen) atoms. The van der Waals surface area contributed by atoms with Crippen molar-refractivity contribution in [2.24, 2.45) is 0 Å². The van der Waals surface area contributed by atoms with Crippen molar-refractivity contribution in [3.63, 3.8) is 0 Å². The summed E-state index contributed by atoms with van der Waals surface area (Å²) in [7, 11) is 0. The van der Waals surface area contributed by atoms with Gasteiger partial charge in [0.25, 0.3) is 0 Å². The summed E-state index contributed by atoms with van der Waals surface area (Å²) in [5.74, 6) is 0.0879. The number of nitrogens with one attached hydrogen (secondary N) is 1. The van der Waals surface area contributed by atoms with E-state index >= 15 is 0 Å². The summed E-state index contributed by atoms with van der Waals surface area (Å²) < 4.78 is 4.80. The number of rotatable bonds is 6. The van der Waals surface area contributed by atoms with E-state index in [1.807, 2.05) is 12.3 Å². The van der Waals surface area contributed by atoms with Crippen LogP contribution in [0, 0.1) is 0 Å². The van der Waals surface area contributed by atoms with E-state index in [1.54, 1.807) is 18.2 Å². The Balaban J connectivity index is 2.24. The summed E-state index contributed by atoms with van der Waals surface area (Å²) in [6, 6.07) is 8.28. The number of halogens is 1. The zero-order chi connectivity index (χ0) is 17.0. The molecule has 0 aliphatic heterocycles. The van der Waals surface area contributed by atoms with Gasteiger partial charge in [0.15, 0.2) is 0 Å². The first kappa shape index (κ1) is 17.3. The van der Waals surface area contributed by atoms with Crippen LogP contribution in [0.2, 0.25) is 0 Å². The van der Waals surface area contributed by atoms with E-state index < -0.39 is 5.43 Å². The fourth-order valence-corrected chi connectivity index (χ4v) is 2.72. The molecule has 1 N–H and O–H groups in total. The minimum absolute atomic E-state index is 0.0137. The van der Waals surface area contributed by atoms with Gasteiger partial charge in [-0.2, -0.15) is 0 Å². The maximum Gasteiger partial charge on any atom is 0.409 e. The Bertz CT molecular complexity index is 719. The number of hydrogen-bond donors (Lipinski definition) is 1. The highest BCUT2D eigenvalue weighted by atomic mass is 35.5. The van der Waals surface area contributed by atoms with Gasteiger partial charge < -0.3 is 9.72 Å². The number of aromatic amines is 1. The van der Waals surface area contributed by atoms with Crippen LogP contribution in [0.5, 0.6) is 5.75 Å². The molecule has 2 aromatic rings. The van der Waals surface area contributed by atoms with Gasteiger partial charge >= 0.3 is 5.43 Å². The van der Waals surface area contributed by atoms with Crippen molar-refractivity contribution in [1.29, 1.82) is 0 Å². The van der Waals surface area contributed by atoms with Gasteiger partial charge in [-0.15, -0.1) is 0 Å². The molecule has 0 aliphatic rings. The maximum absolute atomic E-state index is 12.6. The van der Waals surface area contributed by atoms with Gasteiger partial charge in [0.2, 0.25) is 5.78 Å². The van der Waals surface area contributed by atoms with Crippen LogP contribution in [-0.4, -0.2) is 16.2 Å². The first-order valence-electron chi connectivity index (χ1n) is 7.54. The minimum Gasteiger partial charge on any atom is -0.414 e. The summed E-state index contributed by atoms with van der Waals surface area (Å²) in [6.07, 6.45) is 4.00. The monoisotopic (exact) mass is 333 g/mol. The molecule has 0 atom stereocenters. The molecule has 0 aliphatic carbocycles. The van der Waals surface area contributed by atoms with Gasteiger partial charge in [0.1, 0.15) is 5.75 Å². The number of H-pyrrole nitrogens is 1. The third-order valence-electron chi connectivity index (χ3n) is 3.88. The van der Waals surface area contributed by atoms with Crippen molar-refractivity contribution in [3.05, 3.63) is 53.3 Å². The quantitative estimate of drug-likeness (QED) is 0.593. The van der Waals surface area contributed by atoms with Crippen LogP contribution in [0.3, 0.4) is 0 Å². The molecule has 0 amide bonds. The first-order valence-corrected chi connectivity index (χ1v) is 7.92. The van der Waals surface area contributed by atoms with E-state index in [9.17, 15) is 9.59 Å². The third kappa shape index (κ3) is 4.23. The normalized spacial score (nSPS) is 11.3. The fraction of sp³-hybridized carbons (Fsp3) is 0.333. The minimum atomic E-state index is -0.932.